The lowest BCUT2D eigenvalue weighted by molar-refractivity contribution is 0.0945. The summed E-state index contributed by atoms with van der Waals surface area (Å²) in [6.07, 6.45) is 2.96. The number of carbonyl (C=O) groups excluding carboxylic acids is 1. The molecule has 0 spiro atoms. The molecule has 2 aromatic carbocycles. The Morgan fingerprint density at radius 3 is 2.78 bits per heavy atom. The number of rotatable bonds is 5. The maximum atomic E-state index is 13.3. The molecule has 0 saturated heterocycles. The average Bonchev–Trinajstić information content (AvgIpc) is 3.36. The fraction of sp³-hybridized carbons (Fsp3) is 0.0500. The van der Waals surface area contributed by atoms with Gasteiger partial charge < -0.3 is 9.73 Å². The van der Waals surface area contributed by atoms with E-state index in [4.69, 9.17) is 4.42 Å². The minimum atomic E-state index is -0.367. The molecule has 0 fully saturated rings. The molecular formula is C20H15FN4O2. The Hall–Kier alpha value is -3.74. The highest BCUT2D eigenvalue weighted by molar-refractivity contribution is 5.92. The van der Waals surface area contributed by atoms with E-state index in [0.717, 1.165) is 5.56 Å². The summed E-state index contributed by atoms with van der Waals surface area (Å²) in [5.41, 5.74) is 2.27. The van der Waals surface area contributed by atoms with E-state index in [2.05, 4.69) is 15.4 Å². The van der Waals surface area contributed by atoms with Gasteiger partial charge in [0.25, 0.3) is 5.91 Å². The van der Waals surface area contributed by atoms with Gasteiger partial charge in [0.05, 0.1) is 12.2 Å². The Labute approximate surface area is 154 Å². The number of nitrogens with zero attached hydrogens (tertiary/aromatic N) is 3. The normalized spacial score (nSPS) is 10.7. The van der Waals surface area contributed by atoms with E-state index in [-0.39, 0.29) is 24.0 Å². The number of halogens is 1. The van der Waals surface area contributed by atoms with Crippen molar-refractivity contribution < 1.29 is 13.6 Å². The molecule has 0 unspecified atom stereocenters. The number of oxazole rings is 1. The topological polar surface area (TPSA) is 73.0 Å². The summed E-state index contributed by atoms with van der Waals surface area (Å²) in [5, 5.41) is 6.97. The van der Waals surface area contributed by atoms with Crippen molar-refractivity contribution >= 4 is 5.91 Å². The quantitative estimate of drug-likeness (QED) is 0.589. The molecule has 0 saturated carbocycles. The zero-order valence-electron chi connectivity index (χ0n) is 14.2. The summed E-state index contributed by atoms with van der Waals surface area (Å²) in [5.74, 6) is -0.109. The van der Waals surface area contributed by atoms with Gasteiger partial charge in [0.15, 0.2) is 17.8 Å². The Bertz CT molecular complexity index is 1070. The molecule has 4 aromatic rings. The third-order valence-corrected chi connectivity index (χ3v) is 3.99. The number of nitrogens with one attached hydrogen (secondary N) is 1. The lowest BCUT2D eigenvalue weighted by atomic mass is 10.1. The molecule has 2 aromatic heterocycles. The fourth-order valence-corrected chi connectivity index (χ4v) is 2.68. The van der Waals surface area contributed by atoms with E-state index in [1.54, 1.807) is 24.4 Å². The number of aromatic nitrogens is 3. The molecule has 6 nitrogen and oxygen atoms in total. The van der Waals surface area contributed by atoms with Crippen LogP contribution in [0.5, 0.6) is 0 Å². The SMILES string of the molecule is O=C(NCc1ncoc1-c1ccccc1)c1ccn(-c2cccc(F)c2)n1. The zero-order valence-corrected chi connectivity index (χ0v) is 14.2. The molecule has 0 bridgehead atoms. The van der Waals surface area contributed by atoms with E-state index in [1.807, 2.05) is 30.3 Å². The van der Waals surface area contributed by atoms with Gasteiger partial charge in [-0.3, -0.25) is 4.79 Å². The minimum Gasteiger partial charge on any atom is -0.443 e. The number of amides is 1. The lowest BCUT2D eigenvalue weighted by Crippen LogP contribution is -2.23. The summed E-state index contributed by atoms with van der Waals surface area (Å²) in [6.45, 7) is 0.201. The number of hydrogen-bond donors (Lipinski definition) is 1. The molecule has 1 N–H and O–H groups in total. The van der Waals surface area contributed by atoms with Crippen LogP contribution in [-0.4, -0.2) is 20.7 Å². The Kier molecular flexibility index (Phi) is 4.49. The van der Waals surface area contributed by atoms with Crippen molar-refractivity contribution in [2.75, 3.05) is 0 Å². The Balaban J connectivity index is 1.46. The fourth-order valence-electron chi connectivity index (χ4n) is 2.68. The average molecular weight is 362 g/mol. The smallest absolute Gasteiger partial charge is 0.272 e. The first-order valence-electron chi connectivity index (χ1n) is 8.28. The Morgan fingerprint density at radius 2 is 1.96 bits per heavy atom. The van der Waals surface area contributed by atoms with E-state index < -0.39 is 0 Å². The molecule has 1 amide bonds. The summed E-state index contributed by atoms with van der Waals surface area (Å²) in [7, 11) is 0. The third-order valence-electron chi connectivity index (χ3n) is 3.99. The van der Waals surface area contributed by atoms with Crippen LogP contribution < -0.4 is 5.32 Å². The summed E-state index contributed by atoms with van der Waals surface area (Å²) in [4.78, 5) is 16.6. The van der Waals surface area contributed by atoms with Gasteiger partial charge in [-0.25, -0.2) is 14.1 Å². The van der Waals surface area contributed by atoms with Gasteiger partial charge in [0.2, 0.25) is 0 Å². The van der Waals surface area contributed by atoms with Crippen LogP contribution in [0.15, 0.2) is 77.7 Å². The van der Waals surface area contributed by atoms with Crippen molar-refractivity contribution in [2.45, 2.75) is 6.54 Å². The number of carbonyl (C=O) groups is 1. The van der Waals surface area contributed by atoms with Crippen LogP contribution in [0.2, 0.25) is 0 Å². The van der Waals surface area contributed by atoms with Crippen molar-refractivity contribution in [1.82, 2.24) is 20.1 Å². The molecule has 7 heteroatoms. The van der Waals surface area contributed by atoms with Gasteiger partial charge in [-0.15, -0.1) is 0 Å². The van der Waals surface area contributed by atoms with Crippen LogP contribution in [0.4, 0.5) is 4.39 Å². The third kappa shape index (κ3) is 3.62. The molecule has 0 aliphatic rings. The van der Waals surface area contributed by atoms with Crippen LogP contribution in [0.1, 0.15) is 16.2 Å². The van der Waals surface area contributed by atoms with Crippen molar-refractivity contribution in [1.29, 1.82) is 0 Å². The van der Waals surface area contributed by atoms with Crippen LogP contribution in [0, 0.1) is 5.82 Å². The van der Waals surface area contributed by atoms with Crippen molar-refractivity contribution in [3.63, 3.8) is 0 Å². The van der Waals surface area contributed by atoms with Crippen molar-refractivity contribution in [2.24, 2.45) is 0 Å². The first kappa shape index (κ1) is 16.7. The second kappa shape index (κ2) is 7.25. The summed E-state index contributed by atoms with van der Waals surface area (Å²) < 4.78 is 20.2. The van der Waals surface area contributed by atoms with Gasteiger partial charge >= 0.3 is 0 Å². The molecule has 2 heterocycles. The summed E-state index contributed by atoms with van der Waals surface area (Å²) >= 11 is 0. The molecule has 0 aliphatic heterocycles. The van der Waals surface area contributed by atoms with Crippen LogP contribution in [-0.2, 0) is 6.54 Å². The van der Waals surface area contributed by atoms with E-state index >= 15 is 0 Å². The molecular weight excluding hydrogens is 347 g/mol. The molecule has 0 aliphatic carbocycles. The van der Waals surface area contributed by atoms with Crippen LogP contribution in [0.3, 0.4) is 0 Å². The van der Waals surface area contributed by atoms with Crippen LogP contribution >= 0.6 is 0 Å². The highest BCUT2D eigenvalue weighted by Crippen LogP contribution is 2.22. The van der Waals surface area contributed by atoms with Gasteiger partial charge in [-0.1, -0.05) is 36.4 Å². The second-order valence-corrected chi connectivity index (χ2v) is 5.80. The van der Waals surface area contributed by atoms with Crippen LogP contribution in [0.25, 0.3) is 17.0 Å². The maximum Gasteiger partial charge on any atom is 0.272 e. The van der Waals surface area contributed by atoms with Gasteiger partial charge in [-0.2, -0.15) is 5.10 Å². The van der Waals surface area contributed by atoms with Gasteiger partial charge in [0.1, 0.15) is 11.5 Å². The van der Waals surface area contributed by atoms with E-state index in [9.17, 15) is 9.18 Å². The minimum absolute atomic E-state index is 0.201. The lowest BCUT2D eigenvalue weighted by Gasteiger charge is -2.04. The van der Waals surface area contributed by atoms with Crippen molar-refractivity contribution in [3.05, 3.63) is 90.5 Å². The zero-order chi connectivity index (χ0) is 18.6. The summed E-state index contributed by atoms with van der Waals surface area (Å²) in [6, 6.07) is 17.1. The molecule has 0 radical (unpaired) electrons. The maximum absolute atomic E-state index is 13.3. The predicted molar refractivity (Wildman–Crippen MR) is 96.6 cm³/mol. The highest BCUT2D eigenvalue weighted by atomic mass is 19.1. The van der Waals surface area contributed by atoms with Gasteiger partial charge in [-0.05, 0) is 24.3 Å². The second-order valence-electron chi connectivity index (χ2n) is 5.80. The molecule has 0 atom stereocenters. The van der Waals surface area contributed by atoms with Crippen molar-refractivity contribution in [3.8, 4) is 17.0 Å². The first-order chi connectivity index (χ1) is 13.2. The molecule has 134 valence electrons. The highest BCUT2D eigenvalue weighted by Gasteiger charge is 2.14. The number of benzene rings is 2. The largest absolute Gasteiger partial charge is 0.443 e. The predicted octanol–water partition coefficient (Wildman–Crippen LogP) is 3.60. The monoisotopic (exact) mass is 362 g/mol. The first-order valence-corrected chi connectivity index (χ1v) is 8.28. The van der Waals surface area contributed by atoms with E-state index in [0.29, 0.717) is 17.1 Å². The standard InChI is InChI=1S/C20H15FN4O2/c21-15-7-4-8-16(11-15)25-10-9-17(24-25)20(26)22-12-18-19(27-13-23-18)14-5-2-1-3-6-14/h1-11,13H,12H2,(H,22,26). The van der Waals surface area contributed by atoms with E-state index in [1.165, 1.54) is 23.2 Å². The molecule has 4 rings (SSSR count). The van der Waals surface area contributed by atoms with Gasteiger partial charge in [0, 0.05) is 11.8 Å². The molecule has 27 heavy (non-hydrogen) atoms. The number of hydrogen-bond acceptors (Lipinski definition) is 4. The Morgan fingerprint density at radius 1 is 1.11 bits per heavy atom.